The quantitative estimate of drug-likeness (QED) is 0.819. The lowest BCUT2D eigenvalue weighted by molar-refractivity contribution is 0.0689. The van der Waals surface area contributed by atoms with Gasteiger partial charge < -0.3 is 5.11 Å². The molecule has 0 unspecified atom stereocenters. The minimum atomic E-state index is -1.06. The van der Waals surface area contributed by atoms with Crippen LogP contribution >= 0.6 is 0 Å². The van der Waals surface area contributed by atoms with E-state index in [4.69, 9.17) is 5.11 Å². The zero-order valence-electron chi connectivity index (χ0n) is 10.9. The van der Waals surface area contributed by atoms with Gasteiger partial charge in [0.05, 0.1) is 5.69 Å². The molecule has 0 bridgehead atoms. The van der Waals surface area contributed by atoms with Crippen molar-refractivity contribution in [3.63, 3.8) is 0 Å². The van der Waals surface area contributed by atoms with E-state index >= 15 is 0 Å². The Hall–Kier alpha value is -2.25. The van der Waals surface area contributed by atoms with Gasteiger partial charge in [-0.25, -0.2) is 19.1 Å². The van der Waals surface area contributed by atoms with Gasteiger partial charge in [0.15, 0.2) is 5.69 Å². The van der Waals surface area contributed by atoms with Gasteiger partial charge in [-0.1, -0.05) is 19.1 Å². The predicted octanol–water partition coefficient (Wildman–Crippen LogP) is 0.589. The molecule has 19 heavy (non-hydrogen) atoms. The lowest BCUT2D eigenvalue weighted by Gasteiger charge is -2.06. The van der Waals surface area contributed by atoms with Crippen LogP contribution in [0.1, 0.15) is 42.3 Å². The first kappa shape index (κ1) is 13.2. The van der Waals surface area contributed by atoms with Crippen LogP contribution in [-0.2, 0) is 19.5 Å². The molecule has 0 aliphatic carbocycles. The van der Waals surface area contributed by atoms with Crippen molar-refractivity contribution >= 4 is 5.97 Å². The fraction of sp³-hybridized carbons (Fsp3) is 0.545. The number of aromatic carboxylic acids is 1. The second-order valence-electron chi connectivity index (χ2n) is 4.10. The third-order valence-corrected chi connectivity index (χ3v) is 2.80. The molecule has 0 fully saturated rings. The highest BCUT2D eigenvalue weighted by molar-refractivity contribution is 5.86. The summed E-state index contributed by atoms with van der Waals surface area (Å²) < 4.78 is 3.36. The fourth-order valence-electron chi connectivity index (χ4n) is 1.92. The molecule has 0 aliphatic rings. The summed E-state index contributed by atoms with van der Waals surface area (Å²) >= 11 is 0. The van der Waals surface area contributed by atoms with E-state index in [9.17, 15) is 4.79 Å². The van der Waals surface area contributed by atoms with Crippen LogP contribution in [-0.4, -0.2) is 40.8 Å². The summed E-state index contributed by atoms with van der Waals surface area (Å²) in [5.74, 6) is -0.309. The minimum Gasteiger partial charge on any atom is -0.476 e. The van der Waals surface area contributed by atoms with Gasteiger partial charge in [-0.15, -0.1) is 5.10 Å². The van der Waals surface area contributed by atoms with Gasteiger partial charge in [0.2, 0.25) is 0 Å². The van der Waals surface area contributed by atoms with Crippen LogP contribution < -0.4 is 0 Å². The van der Waals surface area contributed by atoms with Crippen LogP contribution in [0.25, 0.3) is 0 Å². The lowest BCUT2D eigenvalue weighted by Crippen LogP contribution is -2.13. The van der Waals surface area contributed by atoms with Gasteiger partial charge in [0.25, 0.3) is 0 Å². The molecule has 0 saturated heterocycles. The predicted molar refractivity (Wildman–Crippen MR) is 65.8 cm³/mol. The van der Waals surface area contributed by atoms with E-state index in [1.807, 2.05) is 6.92 Å². The molecule has 0 aliphatic heterocycles. The Morgan fingerprint density at radius 3 is 2.79 bits per heavy atom. The smallest absolute Gasteiger partial charge is 0.358 e. The number of carboxylic acid groups (broad SMARTS) is 1. The Morgan fingerprint density at radius 2 is 2.16 bits per heavy atom. The molecule has 0 atom stereocenters. The molecular formula is C11H16N6O2. The van der Waals surface area contributed by atoms with Crippen LogP contribution in [0.3, 0.4) is 0 Å². The van der Waals surface area contributed by atoms with E-state index in [1.165, 1.54) is 6.33 Å². The highest BCUT2D eigenvalue weighted by atomic mass is 16.4. The molecule has 0 spiro atoms. The van der Waals surface area contributed by atoms with Crippen molar-refractivity contribution in [1.29, 1.82) is 0 Å². The summed E-state index contributed by atoms with van der Waals surface area (Å²) in [5, 5.41) is 20.7. The van der Waals surface area contributed by atoms with Gasteiger partial charge in [-0.3, -0.25) is 0 Å². The fourth-order valence-corrected chi connectivity index (χ4v) is 1.92. The molecule has 1 N–H and O–H groups in total. The Balaban J connectivity index is 2.28. The average Bonchev–Trinajstić information content (AvgIpc) is 2.97. The largest absolute Gasteiger partial charge is 0.476 e. The van der Waals surface area contributed by atoms with Gasteiger partial charge in [0.1, 0.15) is 18.7 Å². The Labute approximate surface area is 110 Å². The van der Waals surface area contributed by atoms with Crippen molar-refractivity contribution in [2.24, 2.45) is 0 Å². The number of hydrogen-bond acceptors (Lipinski definition) is 5. The maximum Gasteiger partial charge on any atom is 0.358 e. The molecular weight excluding hydrogens is 248 g/mol. The second kappa shape index (κ2) is 5.59. The molecule has 0 aromatic carbocycles. The molecule has 102 valence electrons. The maximum absolute atomic E-state index is 11.0. The van der Waals surface area contributed by atoms with Crippen LogP contribution in [0.15, 0.2) is 6.33 Å². The maximum atomic E-state index is 11.0. The third-order valence-electron chi connectivity index (χ3n) is 2.80. The molecule has 8 heteroatoms. The number of aromatic nitrogens is 6. The van der Waals surface area contributed by atoms with Crippen molar-refractivity contribution in [3.05, 3.63) is 23.5 Å². The number of nitrogens with zero attached hydrogens (tertiary/aromatic N) is 6. The average molecular weight is 264 g/mol. The Bertz CT molecular complexity index is 574. The van der Waals surface area contributed by atoms with E-state index in [-0.39, 0.29) is 5.69 Å². The number of aryl methyl sites for hydroxylation is 1. The normalized spacial score (nSPS) is 10.8. The van der Waals surface area contributed by atoms with Crippen LogP contribution in [0, 0.1) is 0 Å². The summed E-state index contributed by atoms with van der Waals surface area (Å²) in [6, 6.07) is 0. The first-order chi connectivity index (χ1) is 9.17. The second-order valence-corrected chi connectivity index (χ2v) is 4.10. The summed E-state index contributed by atoms with van der Waals surface area (Å²) in [5.41, 5.74) is 0.600. The van der Waals surface area contributed by atoms with E-state index in [0.717, 1.165) is 18.8 Å². The van der Waals surface area contributed by atoms with Gasteiger partial charge in [-0.05, 0) is 12.8 Å². The van der Waals surface area contributed by atoms with Gasteiger partial charge in [-0.2, -0.15) is 5.10 Å². The number of rotatable bonds is 6. The number of carboxylic acids is 1. The van der Waals surface area contributed by atoms with E-state index in [0.29, 0.717) is 18.7 Å². The molecule has 0 saturated carbocycles. The third kappa shape index (κ3) is 2.61. The molecule has 0 radical (unpaired) electrons. The molecule has 2 rings (SSSR count). The van der Waals surface area contributed by atoms with Crippen molar-refractivity contribution in [2.75, 3.05) is 0 Å². The molecule has 8 nitrogen and oxygen atoms in total. The number of hydrogen-bond donors (Lipinski definition) is 1. The topological polar surface area (TPSA) is 98.7 Å². The minimum absolute atomic E-state index is 0.00376. The first-order valence-corrected chi connectivity index (χ1v) is 6.19. The van der Waals surface area contributed by atoms with Gasteiger partial charge in [0, 0.05) is 6.54 Å². The van der Waals surface area contributed by atoms with Crippen molar-refractivity contribution in [1.82, 2.24) is 29.8 Å². The standard InChI is InChI=1S/C11H16N6O2/c1-3-5-16-9(12-7-13-16)6-17-8(4-2)10(11(18)19)14-15-17/h7H,3-6H2,1-2H3,(H,18,19). The van der Waals surface area contributed by atoms with E-state index in [2.05, 4.69) is 27.3 Å². The van der Waals surface area contributed by atoms with Gasteiger partial charge >= 0.3 is 5.97 Å². The summed E-state index contributed by atoms with van der Waals surface area (Å²) in [6.07, 6.45) is 3.00. The molecule has 0 amide bonds. The molecule has 2 aromatic rings. The van der Waals surface area contributed by atoms with Crippen molar-refractivity contribution < 1.29 is 9.90 Å². The SMILES string of the molecule is CCCn1ncnc1Cn1nnc(C(=O)O)c1CC. The zero-order chi connectivity index (χ0) is 13.8. The van der Waals surface area contributed by atoms with Crippen molar-refractivity contribution in [3.8, 4) is 0 Å². The summed E-state index contributed by atoms with van der Waals surface area (Å²) in [4.78, 5) is 15.2. The highest BCUT2D eigenvalue weighted by Crippen LogP contribution is 2.09. The summed E-state index contributed by atoms with van der Waals surface area (Å²) in [7, 11) is 0. The van der Waals surface area contributed by atoms with Crippen LogP contribution in [0.4, 0.5) is 0 Å². The summed E-state index contributed by atoms with van der Waals surface area (Å²) in [6.45, 7) is 5.08. The highest BCUT2D eigenvalue weighted by Gasteiger charge is 2.18. The van der Waals surface area contributed by atoms with E-state index in [1.54, 1.807) is 9.36 Å². The van der Waals surface area contributed by atoms with Crippen LogP contribution in [0.5, 0.6) is 0 Å². The monoisotopic (exact) mass is 264 g/mol. The lowest BCUT2D eigenvalue weighted by atomic mass is 10.2. The number of carbonyl (C=O) groups is 1. The first-order valence-electron chi connectivity index (χ1n) is 6.19. The van der Waals surface area contributed by atoms with Crippen molar-refractivity contribution in [2.45, 2.75) is 39.8 Å². The van der Waals surface area contributed by atoms with Crippen LogP contribution in [0.2, 0.25) is 0 Å². The molecule has 2 aromatic heterocycles. The Morgan fingerprint density at radius 1 is 1.37 bits per heavy atom. The zero-order valence-corrected chi connectivity index (χ0v) is 10.9. The Kier molecular flexibility index (Phi) is 3.88. The van der Waals surface area contributed by atoms with E-state index < -0.39 is 5.97 Å². The molecule has 2 heterocycles.